The summed E-state index contributed by atoms with van der Waals surface area (Å²) in [6.45, 7) is 9.64. The fourth-order valence-corrected chi connectivity index (χ4v) is 2.84. The number of rotatable bonds is 4. The van der Waals surface area contributed by atoms with Crippen molar-refractivity contribution in [3.05, 3.63) is 71.8 Å². The zero-order valence-corrected chi connectivity index (χ0v) is 17.9. The van der Waals surface area contributed by atoms with Gasteiger partial charge in [0.05, 0.1) is 16.5 Å². The highest BCUT2D eigenvalue weighted by molar-refractivity contribution is 5.92. The summed E-state index contributed by atoms with van der Waals surface area (Å²) in [4.78, 5) is 46.6. The van der Waals surface area contributed by atoms with Gasteiger partial charge in [0.15, 0.2) is 0 Å². The summed E-state index contributed by atoms with van der Waals surface area (Å²) in [6.07, 6.45) is 0.680. The maximum Gasteiger partial charge on any atom is 0.386 e. The molecule has 0 atom stereocenters. The van der Waals surface area contributed by atoms with Crippen LogP contribution >= 0.6 is 0 Å². The molecule has 0 fully saturated rings. The van der Waals surface area contributed by atoms with Crippen LogP contribution in [0.25, 0.3) is 0 Å². The maximum atomic E-state index is 11.5. The third-order valence-corrected chi connectivity index (χ3v) is 3.82. The summed E-state index contributed by atoms with van der Waals surface area (Å²) in [5, 5.41) is 8.22. The lowest BCUT2D eigenvalue weighted by Crippen LogP contribution is -2.30. The fraction of sp³-hybridized carbons (Fsp3) is 0.348. The highest BCUT2D eigenvalue weighted by Gasteiger charge is 2.34. The predicted molar refractivity (Wildman–Crippen MR) is 110 cm³/mol. The number of carbonyl (C=O) groups excluding carboxylic acids is 3. The van der Waals surface area contributed by atoms with Crippen molar-refractivity contribution in [2.24, 2.45) is 10.8 Å². The number of benzene rings is 2. The topological polar surface area (TPSA) is 99.1 Å². The highest BCUT2D eigenvalue weighted by atomic mass is 17.2. The van der Waals surface area contributed by atoms with Gasteiger partial charge in [-0.3, -0.25) is 0 Å². The van der Waals surface area contributed by atoms with Crippen molar-refractivity contribution >= 4 is 17.9 Å². The van der Waals surface area contributed by atoms with Gasteiger partial charge in [-0.05, 0) is 49.9 Å². The molecule has 7 heteroatoms. The van der Waals surface area contributed by atoms with E-state index in [1.807, 2.05) is 20.8 Å². The van der Waals surface area contributed by atoms with Crippen LogP contribution in [0, 0.1) is 10.8 Å². The van der Waals surface area contributed by atoms with Gasteiger partial charge in [0.2, 0.25) is 0 Å². The molecule has 0 saturated heterocycles. The first-order valence-corrected chi connectivity index (χ1v) is 9.35. The second kappa shape index (κ2) is 11.1. The summed E-state index contributed by atoms with van der Waals surface area (Å²) in [7, 11) is 0. The normalized spacial score (nSPS) is 10.9. The zero-order chi connectivity index (χ0) is 22.8. The molecule has 7 nitrogen and oxygen atoms in total. The molecule has 0 aliphatic carbocycles. The van der Waals surface area contributed by atoms with Gasteiger partial charge in [-0.15, -0.1) is 0 Å². The van der Waals surface area contributed by atoms with E-state index in [2.05, 4.69) is 14.7 Å². The van der Waals surface area contributed by atoms with Gasteiger partial charge in [0.1, 0.15) is 0 Å². The van der Waals surface area contributed by atoms with E-state index in [1.54, 1.807) is 74.5 Å². The smallest absolute Gasteiger partial charge is 0.300 e. The second-order valence-electron chi connectivity index (χ2n) is 8.47. The fourth-order valence-electron chi connectivity index (χ4n) is 2.84. The third kappa shape index (κ3) is 8.87. The van der Waals surface area contributed by atoms with Crippen LogP contribution in [0.4, 0.5) is 0 Å². The van der Waals surface area contributed by atoms with Crippen LogP contribution in [-0.4, -0.2) is 23.2 Å². The number of carbonyl (C=O) groups is 3. The van der Waals surface area contributed by atoms with Gasteiger partial charge < -0.3 is 4.89 Å². The Balaban J connectivity index is 0.000000329. The molecule has 30 heavy (non-hydrogen) atoms. The molecule has 0 aromatic heterocycles. The van der Waals surface area contributed by atoms with Crippen LogP contribution in [0.5, 0.6) is 0 Å². The average Bonchev–Trinajstić information content (AvgIpc) is 2.71. The van der Waals surface area contributed by atoms with E-state index >= 15 is 0 Å². The summed E-state index contributed by atoms with van der Waals surface area (Å²) >= 11 is 0. The minimum absolute atomic E-state index is 0.0533. The van der Waals surface area contributed by atoms with E-state index in [0.29, 0.717) is 17.5 Å². The van der Waals surface area contributed by atoms with Crippen molar-refractivity contribution in [1.29, 1.82) is 0 Å². The zero-order valence-electron chi connectivity index (χ0n) is 17.9. The molecule has 1 N–H and O–H groups in total. The lowest BCUT2D eigenvalue weighted by molar-refractivity contribution is -0.245. The highest BCUT2D eigenvalue weighted by Crippen LogP contribution is 2.33. The quantitative estimate of drug-likeness (QED) is 0.548. The van der Waals surface area contributed by atoms with Crippen molar-refractivity contribution in [2.75, 3.05) is 0 Å². The van der Waals surface area contributed by atoms with Gasteiger partial charge in [0, 0.05) is 0 Å². The maximum absolute atomic E-state index is 11.5. The van der Waals surface area contributed by atoms with E-state index < -0.39 is 23.3 Å². The Hall–Kier alpha value is -3.19. The van der Waals surface area contributed by atoms with Crippen LogP contribution in [0.2, 0.25) is 0 Å². The Morgan fingerprint density at radius 1 is 0.733 bits per heavy atom. The van der Waals surface area contributed by atoms with Gasteiger partial charge in [-0.25, -0.2) is 24.2 Å². The molecule has 0 heterocycles. The molecule has 2 aromatic carbocycles. The van der Waals surface area contributed by atoms with E-state index in [9.17, 15) is 14.4 Å². The second-order valence-corrected chi connectivity index (χ2v) is 8.47. The van der Waals surface area contributed by atoms with Crippen molar-refractivity contribution in [1.82, 2.24) is 0 Å². The Bertz CT molecular complexity index is 770. The Morgan fingerprint density at radius 3 is 1.40 bits per heavy atom. The van der Waals surface area contributed by atoms with Crippen LogP contribution in [0.3, 0.4) is 0 Å². The molecule has 0 bridgehead atoms. The molecule has 0 aliphatic rings. The van der Waals surface area contributed by atoms with E-state index in [1.165, 1.54) is 0 Å². The first-order valence-electron chi connectivity index (χ1n) is 9.35. The largest absolute Gasteiger partial charge is 0.386 e. The molecule has 0 saturated carbocycles. The summed E-state index contributed by atoms with van der Waals surface area (Å²) < 4.78 is 0. The van der Waals surface area contributed by atoms with E-state index in [-0.39, 0.29) is 5.41 Å². The predicted octanol–water partition coefficient (Wildman–Crippen LogP) is 5.08. The Kier molecular flexibility index (Phi) is 9.20. The van der Waals surface area contributed by atoms with Gasteiger partial charge in [-0.1, -0.05) is 57.2 Å². The molecular weight excluding hydrogens is 388 g/mol. The molecule has 2 aromatic rings. The van der Waals surface area contributed by atoms with Crippen molar-refractivity contribution in [3.8, 4) is 0 Å². The van der Waals surface area contributed by atoms with E-state index in [4.69, 9.17) is 5.26 Å². The van der Waals surface area contributed by atoms with Crippen molar-refractivity contribution in [2.45, 2.75) is 41.0 Å². The molecule has 0 radical (unpaired) electrons. The molecule has 0 unspecified atom stereocenters. The van der Waals surface area contributed by atoms with E-state index in [0.717, 1.165) is 0 Å². The summed E-state index contributed by atoms with van der Waals surface area (Å²) in [5.41, 5.74) is 0.0711. The number of hydrogen-bond acceptors (Lipinski definition) is 7. The molecule has 0 aliphatic heterocycles. The summed E-state index contributed by atoms with van der Waals surface area (Å²) in [6, 6.07) is 16.6. The van der Waals surface area contributed by atoms with Crippen LogP contribution in [0.15, 0.2) is 60.7 Å². The first kappa shape index (κ1) is 24.8. The van der Waals surface area contributed by atoms with Gasteiger partial charge in [0.25, 0.3) is 0 Å². The molecule has 162 valence electrons. The van der Waals surface area contributed by atoms with Gasteiger partial charge in [-0.2, -0.15) is 5.26 Å². The lowest BCUT2D eigenvalue weighted by atomic mass is 9.76. The van der Waals surface area contributed by atoms with Crippen LogP contribution in [-0.2, 0) is 19.5 Å². The minimum atomic E-state index is -0.708. The number of hydrogen-bond donors (Lipinski definition) is 1. The average molecular weight is 416 g/mol. The molecule has 2 rings (SSSR count). The molecular formula is C23H28O7. The SMILES string of the molecule is CC(C)(C)CC(C)(C)C(=O)OO.O=C(OOC(=O)c1ccccc1)c1ccccc1. The molecule has 0 spiro atoms. The Morgan fingerprint density at radius 2 is 1.10 bits per heavy atom. The minimum Gasteiger partial charge on any atom is -0.300 e. The monoisotopic (exact) mass is 416 g/mol. The summed E-state index contributed by atoms with van der Waals surface area (Å²) in [5.74, 6) is -1.99. The molecule has 0 amide bonds. The lowest BCUT2D eigenvalue weighted by Gasteiger charge is -2.28. The van der Waals surface area contributed by atoms with Crippen LogP contribution in [0.1, 0.15) is 61.8 Å². The third-order valence-electron chi connectivity index (χ3n) is 3.82. The van der Waals surface area contributed by atoms with Crippen molar-refractivity contribution in [3.63, 3.8) is 0 Å². The first-order chi connectivity index (χ1) is 14.0. The van der Waals surface area contributed by atoms with Crippen LogP contribution < -0.4 is 0 Å². The van der Waals surface area contributed by atoms with Crippen molar-refractivity contribution < 1.29 is 34.3 Å². The standard InChI is InChI=1S/C14H10O4.C9H18O3/c15-13(11-7-3-1-4-8-11)17-18-14(16)12-9-5-2-6-10-12;1-8(2,3)6-9(4,5)7(10)12-11/h1-10H;11H,6H2,1-5H3. The van der Waals surface area contributed by atoms with Gasteiger partial charge >= 0.3 is 17.9 Å². The Labute approximate surface area is 176 Å².